The lowest BCUT2D eigenvalue weighted by molar-refractivity contribution is 0.306. The van der Waals surface area contributed by atoms with Gasteiger partial charge in [0.25, 0.3) is 0 Å². The maximum absolute atomic E-state index is 6.64. The summed E-state index contributed by atoms with van der Waals surface area (Å²) < 4.78 is 5.93. The molecule has 1 aliphatic rings. The Labute approximate surface area is 173 Å². The molecule has 0 amide bonds. The van der Waals surface area contributed by atoms with Crippen molar-refractivity contribution < 1.29 is 4.74 Å². The van der Waals surface area contributed by atoms with Crippen molar-refractivity contribution in [3.8, 4) is 5.75 Å². The van der Waals surface area contributed by atoms with E-state index in [9.17, 15) is 0 Å². The van der Waals surface area contributed by atoms with E-state index in [0.29, 0.717) is 27.4 Å². The maximum Gasteiger partial charge on any atom is 0.138 e. The lowest BCUT2D eigenvalue weighted by atomic mass is 9.94. The van der Waals surface area contributed by atoms with Crippen LogP contribution in [0.25, 0.3) is 0 Å². The molecule has 0 fully saturated rings. The molecular weight excluding hydrogens is 403 g/mol. The van der Waals surface area contributed by atoms with Crippen molar-refractivity contribution in [2.75, 3.05) is 11.9 Å². The highest BCUT2D eigenvalue weighted by atomic mass is 35.5. The normalized spacial score (nSPS) is 15.3. The van der Waals surface area contributed by atoms with E-state index in [1.165, 1.54) is 5.56 Å². The molecule has 6 heteroatoms. The molecule has 4 rings (SSSR count). The Balaban J connectivity index is 1.53. The summed E-state index contributed by atoms with van der Waals surface area (Å²) in [6.45, 7) is 1.23. The molecule has 27 heavy (non-hydrogen) atoms. The molecule has 138 valence electrons. The second-order valence-corrected chi connectivity index (χ2v) is 7.70. The molecular formula is C21H17Cl3N2O. The van der Waals surface area contributed by atoms with Gasteiger partial charge in [0.15, 0.2) is 0 Å². The minimum Gasteiger partial charge on any atom is -0.487 e. The minimum atomic E-state index is 0.273. The zero-order valence-electron chi connectivity index (χ0n) is 14.4. The highest BCUT2D eigenvalue weighted by Gasteiger charge is 2.25. The predicted octanol–water partition coefficient (Wildman–Crippen LogP) is 6.37. The molecule has 1 unspecified atom stereocenters. The van der Waals surface area contributed by atoms with Gasteiger partial charge < -0.3 is 10.1 Å². The Morgan fingerprint density at radius 3 is 2.67 bits per heavy atom. The van der Waals surface area contributed by atoms with Gasteiger partial charge in [-0.1, -0.05) is 53.0 Å². The standard InChI is InChI=1S/C21H17Cl3N2O/c22-15-5-3-13(4-6-15)12-27-19-8-7-18(23)17(20(19)24)10-14-11-26-21-16(14)2-1-9-25-21/h1-9,14H,10-12H2,(H,25,26). The first-order chi connectivity index (χ1) is 13.1. The summed E-state index contributed by atoms with van der Waals surface area (Å²) in [5.41, 5.74) is 3.11. The second kappa shape index (κ2) is 7.97. The van der Waals surface area contributed by atoms with Crippen LogP contribution in [0.2, 0.25) is 15.1 Å². The number of halogens is 3. The molecule has 1 atom stereocenters. The number of hydrogen-bond donors (Lipinski definition) is 1. The number of fused-ring (bicyclic) bond motifs is 1. The highest BCUT2D eigenvalue weighted by Crippen LogP contribution is 2.39. The molecule has 0 bridgehead atoms. The molecule has 1 aliphatic heterocycles. The van der Waals surface area contributed by atoms with Gasteiger partial charge in [0.2, 0.25) is 0 Å². The molecule has 0 saturated carbocycles. The number of hydrogen-bond acceptors (Lipinski definition) is 3. The smallest absolute Gasteiger partial charge is 0.138 e. The Bertz CT molecular complexity index is 960. The van der Waals surface area contributed by atoms with Crippen molar-refractivity contribution in [3.05, 3.63) is 86.5 Å². The van der Waals surface area contributed by atoms with E-state index in [4.69, 9.17) is 39.5 Å². The quantitative estimate of drug-likeness (QED) is 0.521. The third-order valence-electron chi connectivity index (χ3n) is 4.70. The van der Waals surface area contributed by atoms with Crippen LogP contribution in [-0.4, -0.2) is 11.5 Å². The zero-order valence-corrected chi connectivity index (χ0v) is 16.7. The third-order valence-corrected chi connectivity index (χ3v) is 5.72. The van der Waals surface area contributed by atoms with Crippen LogP contribution in [0.3, 0.4) is 0 Å². The van der Waals surface area contributed by atoms with Gasteiger partial charge in [0, 0.05) is 28.7 Å². The summed E-state index contributed by atoms with van der Waals surface area (Å²) in [6, 6.07) is 15.2. The number of ether oxygens (including phenoxy) is 1. The fourth-order valence-corrected chi connectivity index (χ4v) is 3.98. The monoisotopic (exact) mass is 418 g/mol. The van der Waals surface area contributed by atoms with Crippen LogP contribution in [0.5, 0.6) is 5.75 Å². The first-order valence-electron chi connectivity index (χ1n) is 8.64. The van der Waals surface area contributed by atoms with Crippen molar-refractivity contribution in [3.63, 3.8) is 0 Å². The number of nitrogens with one attached hydrogen (secondary N) is 1. The highest BCUT2D eigenvalue weighted by molar-refractivity contribution is 6.37. The fourth-order valence-electron chi connectivity index (χ4n) is 3.27. The van der Waals surface area contributed by atoms with Crippen molar-refractivity contribution in [2.45, 2.75) is 18.9 Å². The molecule has 2 aromatic carbocycles. The number of pyridine rings is 1. The van der Waals surface area contributed by atoms with Crippen LogP contribution in [0.4, 0.5) is 5.82 Å². The van der Waals surface area contributed by atoms with E-state index in [1.807, 2.05) is 42.5 Å². The molecule has 0 spiro atoms. The van der Waals surface area contributed by atoms with Crippen LogP contribution in [0, 0.1) is 0 Å². The van der Waals surface area contributed by atoms with Gasteiger partial charge in [0.1, 0.15) is 18.2 Å². The van der Waals surface area contributed by atoms with E-state index < -0.39 is 0 Å². The first kappa shape index (κ1) is 18.4. The second-order valence-electron chi connectivity index (χ2n) is 6.48. The minimum absolute atomic E-state index is 0.273. The Kier molecular flexibility index (Phi) is 5.44. The summed E-state index contributed by atoms with van der Waals surface area (Å²) in [6.07, 6.45) is 2.51. The number of benzene rings is 2. The average molecular weight is 420 g/mol. The van der Waals surface area contributed by atoms with Crippen molar-refractivity contribution >= 4 is 40.6 Å². The Morgan fingerprint density at radius 1 is 1.04 bits per heavy atom. The number of aromatic nitrogens is 1. The average Bonchev–Trinajstić information content (AvgIpc) is 3.09. The van der Waals surface area contributed by atoms with E-state index in [1.54, 1.807) is 6.20 Å². The lowest BCUT2D eigenvalue weighted by Crippen LogP contribution is -2.07. The Hall–Kier alpha value is -1.94. The zero-order chi connectivity index (χ0) is 18.8. The van der Waals surface area contributed by atoms with Gasteiger partial charge in [-0.2, -0.15) is 0 Å². The van der Waals surface area contributed by atoms with Gasteiger partial charge in [-0.15, -0.1) is 0 Å². The predicted molar refractivity (Wildman–Crippen MR) is 111 cm³/mol. The van der Waals surface area contributed by atoms with Crippen LogP contribution < -0.4 is 10.1 Å². The molecule has 1 aromatic heterocycles. The largest absolute Gasteiger partial charge is 0.487 e. The summed E-state index contributed by atoms with van der Waals surface area (Å²) in [5.74, 6) is 1.84. The van der Waals surface area contributed by atoms with Gasteiger partial charge in [0.05, 0.1) is 5.02 Å². The molecule has 1 N–H and O–H groups in total. The topological polar surface area (TPSA) is 34.1 Å². The molecule has 2 heterocycles. The summed E-state index contributed by atoms with van der Waals surface area (Å²) >= 11 is 19.0. The SMILES string of the molecule is Clc1ccc(COc2ccc(Cl)c(CC3CNc4ncccc43)c2Cl)cc1. The van der Waals surface area contributed by atoms with E-state index in [-0.39, 0.29) is 5.92 Å². The molecule has 0 aliphatic carbocycles. The van der Waals surface area contributed by atoms with E-state index in [0.717, 1.165) is 29.9 Å². The van der Waals surface area contributed by atoms with Gasteiger partial charge >= 0.3 is 0 Å². The van der Waals surface area contributed by atoms with Gasteiger partial charge in [-0.25, -0.2) is 4.98 Å². The fraction of sp³-hybridized carbons (Fsp3) is 0.190. The van der Waals surface area contributed by atoms with E-state index >= 15 is 0 Å². The molecule has 0 saturated heterocycles. The maximum atomic E-state index is 6.64. The van der Waals surface area contributed by atoms with Gasteiger partial charge in [-0.3, -0.25) is 0 Å². The third kappa shape index (κ3) is 4.01. The van der Waals surface area contributed by atoms with Crippen molar-refractivity contribution in [2.24, 2.45) is 0 Å². The molecule has 0 radical (unpaired) electrons. The summed E-state index contributed by atoms with van der Waals surface area (Å²) in [4.78, 5) is 4.37. The lowest BCUT2D eigenvalue weighted by Gasteiger charge is -2.16. The van der Waals surface area contributed by atoms with Crippen LogP contribution in [-0.2, 0) is 13.0 Å². The first-order valence-corrected chi connectivity index (χ1v) is 9.78. The Morgan fingerprint density at radius 2 is 1.85 bits per heavy atom. The summed E-state index contributed by atoms with van der Waals surface area (Å²) in [7, 11) is 0. The number of anilines is 1. The van der Waals surface area contributed by atoms with E-state index in [2.05, 4.69) is 16.4 Å². The van der Waals surface area contributed by atoms with Crippen molar-refractivity contribution in [1.82, 2.24) is 4.98 Å². The van der Waals surface area contributed by atoms with Crippen LogP contribution in [0.1, 0.15) is 22.6 Å². The van der Waals surface area contributed by atoms with Gasteiger partial charge in [-0.05, 0) is 53.4 Å². The molecule has 3 aromatic rings. The number of rotatable bonds is 5. The summed E-state index contributed by atoms with van der Waals surface area (Å²) in [5, 5.41) is 5.25. The molecule has 3 nitrogen and oxygen atoms in total. The van der Waals surface area contributed by atoms with Crippen molar-refractivity contribution in [1.29, 1.82) is 0 Å². The van der Waals surface area contributed by atoms with Crippen LogP contribution in [0.15, 0.2) is 54.7 Å². The van der Waals surface area contributed by atoms with Crippen LogP contribution >= 0.6 is 34.8 Å². The number of nitrogens with zero attached hydrogens (tertiary/aromatic N) is 1.